The van der Waals surface area contributed by atoms with Gasteiger partial charge in [-0.15, -0.1) is 12.4 Å². The summed E-state index contributed by atoms with van der Waals surface area (Å²) in [5.41, 5.74) is 5.70. The molecule has 56 valence electrons. The van der Waals surface area contributed by atoms with E-state index in [2.05, 4.69) is 6.92 Å². The molecule has 0 amide bonds. The Morgan fingerprint density at radius 3 is 2.56 bits per heavy atom. The minimum atomic E-state index is 0. The van der Waals surface area contributed by atoms with E-state index < -0.39 is 0 Å². The quantitative estimate of drug-likeness (QED) is 0.556. The molecule has 1 rings (SSSR count). The van der Waals surface area contributed by atoms with Crippen molar-refractivity contribution in [3.63, 3.8) is 0 Å². The third-order valence-electron chi connectivity index (χ3n) is 1.71. The molecule has 2 atom stereocenters. The van der Waals surface area contributed by atoms with Crippen LogP contribution in [0.5, 0.6) is 0 Å². The summed E-state index contributed by atoms with van der Waals surface area (Å²) < 4.78 is 5.17. The molecule has 0 bridgehead atoms. The van der Waals surface area contributed by atoms with Crippen molar-refractivity contribution in [2.45, 2.75) is 19.4 Å². The fourth-order valence-corrected chi connectivity index (χ4v) is 0.897. The van der Waals surface area contributed by atoms with Crippen molar-refractivity contribution in [2.24, 2.45) is 11.7 Å². The molecule has 1 saturated heterocycles. The highest BCUT2D eigenvalue weighted by Crippen LogP contribution is 2.10. The predicted molar refractivity (Wildman–Crippen MR) is 39.8 cm³/mol. The van der Waals surface area contributed by atoms with Gasteiger partial charge in [0.25, 0.3) is 0 Å². The van der Waals surface area contributed by atoms with Crippen LogP contribution in [0.4, 0.5) is 0 Å². The van der Waals surface area contributed by atoms with E-state index in [-0.39, 0.29) is 12.4 Å². The first kappa shape index (κ1) is 9.21. The lowest BCUT2D eigenvalue weighted by Crippen LogP contribution is -2.36. The maximum absolute atomic E-state index is 5.70. The normalized spacial score (nSPS) is 35.3. The smallest absolute Gasteiger partial charge is 0.0506 e. The van der Waals surface area contributed by atoms with E-state index in [1.165, 1.54) is 0 Å². The number of ether oxygens (including phenoxy) is 1. The number of hydrogen-bond acceptors (Lipinski definition) is 2. The summed E-state index contributed by atoms with van der Waals surface area (Å²) in [6, 6.07) is 0.378. The molecule has 0 radical (unpaired) electrons. The van der Waals surface area contributed by atoms with Crippen LogP contribution in [0.3, 0.4) is 0 Å². The van der Waals surface area contributed by atoms with Gasteiger partial charge in [0.15, 0.2) is 0 Å². The van der Waals surface area contributed by atoms with E-state index in [0.29, 0.717) is 12.0 Å². The molecule has 0 saturated carbocycles. The predicted octanol–water partition coefficient (Wildman–Crippen LogP) is 0.792. The standard InChI is InChI=1S/C6H13NO.ClH/c1-5-4-8-3-2-6(5)7;/h5-6H,2-4,7H2,1H3;1H/t5-,6-;/m1./s1. The minimum absolute atomic E-state index is 0. The van der Waals surface area contributed by atoms with Crippen molar-refractivity contribution in [3.8, 4) is 0 Å². The van der Waals surface area contributed by atoms with Crippen LogP contribution in [0.25, 0.3) is 0 Å². The molecule has 1 heterocycles. The highest BCUT2D eigenvalue weighted by Gasteiger charge is 2.16. The van der Waals surface area contributed by atoms with Crippen LogP contribution in [-0.4, -0.2) is 19.3 Å². The molecule has 3 heteroatoms. The first-order valence-corrected chi connectivity index (χ1v) is 3.14. The lowest BCUT2D eigenvalue weighted by atomic mass is 9.99. The van der Waals surface area contributed by atoms with Gasteiger partial charge in [0.1, 0.15) is 0 Å². The van der Waals surface area contributed by atoms with E-state index in [0.717, 1.165) is 19.6 Å². The van der Waals surface area contributed by atoms with Gasteiger partial charge in [-0.1, -0.05) is 6.92 Å². The lowest BCUT2D eigenvalue weighted by molar-refractivity contribution is 0.0491. The average Bonchev–Trinajstić information content (AvgIpc) is 1.77. The maximum Gasteiger partial charge on any atom is 0.0506 e. The summed E-state index contributed by atoms with van der Waals surface area (Å²) in [6.45, 7) is 3.83. The van der Waals surface area contributed by atoms with Gasteiger partial charge in [0.05, 0.1) is 6.61 Å². The second-order valence-corrected chi connectivity index (χ2v) is 2.50. The molecule has 1 aliphatic heterocycles. The molecule has 1 fully saturated rings. The third kappa shape index (κ3) is 2.52. The van der Waals surface area contributed by atoms with Crippen molar-refractivity contribution in [2.75, 3.05) is 13.2 Å². The Hall–Kier alpha value is 0.210. The van der Waals surface area contributed by atoms with E-state index in [4.69, 9.17) is 10.5 Å². The highest BCUT2D eigenvalue weighted by molar-refractivity contribution is 5.85. The van der Waals surface area contributed by atoms with Gasteiger partial charge in [0.2, 0.25) is 0 Å². The van der Waals surface area contributed by atoms with Gasteiger partial charge in [-0.25, -0.2) is 0 Å². The Labute approximate surface area is 62.2 Å². The SMILES string of the molecule is C[C@@H]1COCC[C@H]1N.Cl. The van der Waals surface area contributed by atoms with Crippen LogP contribution >= 0.6 is 12.4 Å². The zero-order valence-electron chi connectivity index (χ0n) is 5.67. The van der Waals surface area contributed by atoms with Crippen LogP contribution in [0.2, 0.25) is 0 Å². The molecule has 9 heavy (non-hydrogen) atoms. The van der Waals surface area contributed by atoms with E-state index in [1.54, 1.807) is 0 Å². The highest BCUT2D eigenvalue weighted by atomic mass is 35.5. The van der Waals surface area contributed by atoms with Gasteiger partial charge in [-0.2, -0.15) is 0 Å². The second-order valence-electron chi connectivity index (χ2n) is 2.50. The zero-order valence-corrected chi connectivity index (χ0v) is 6.49. The molecule has 0 aromatic carbocycles. The molecule has 0 aromatic rings. The number of rotatable bonds is 0. The van der Waals surface area contributed by atoms with Crippen molar-refractivity contribution in [3.05, 3.63) is 0 Å². The Morgan fingerprint density at radius 2 is 2.22 bits per heavy atom. The molecule has 0 unspecified atom stereocenters. The molecule has 0 aliphatic carbocycles. The van der Waals surface area contributed by atoms with Crippen LogP contribution < -0.4 is 5.73 Å². The van der Waals surface area contributed by atoms with Crippen molar-refractivity contribution >= 4 is 12.4 Å². The molecule has 2 N–H and O–H groups in total. The van der Waals surface area contributed by atoms with Gasteiger partial charge >= 0.3 is 0 Å². The summed E-state index contributed by atoms with van der Waals surface area (Å²) >= 11 is 0. The molecule has 0 aromatic heterocycles. The van der Waals surface area contributed by atoms with Gasteiger partial charge < -0.3 is 10.5 Å². The summed E-state index contributed by atoms with van der Waals surface area (Å²) in [5, 5.41) is 0. The van der Waals surface area contributed by atoms with Crippen molar-refractivity contribution < 1.29 is 4.74 Å². The summed E-state index contributed by atoms with van der Waals surface area (Å²) in [5.74, 6) is 0.559. The summed E-state index contributed by atoms with van der Waals surface area (Å²) in [4.78, 5) is 0. The minimum Gasteiger partial charge on any atom is -0.381 e. The Kier molecular flexibility index (Phi) is 4.19. The van der Waals surface area contributed by atoms with Crippen molar-refractivity contribution in [1.29, 1.82) is 0 Å². The first-order valence-electron chi connectivity index (χ1n) is 3.14. The largest absolute Gasteiger partial charge is 0.381 e. The van der Waals surface area contributed by atoms with Gasteiger partial charge in [-0.05, 0) is 12.3 Å². The second kappa shape index (κ2) is 4.09. The maximum atomic E-state index is 5.70. The number of halogens is 1. The Bertz CT molecular complexity index is 69.5. The molecular weight excluding hydrogens is 138 g/mol. The van der Waals surface area contributed by atoms with Gasteiger partial charge in [-0.3, -0.25) is 0 Å². The first-order chi connectivity index (χ1) is 3.80. The van der Waals surface area contributed by atoms with E-state index in [1.807, 2.05) is 0 Å². The monoisotopic (exact) mass is 151 g/mol. The van der Waals surface area contributed by atoms with E-state index in [9.17, 15) is 0 Å². The van der Waals surface area contributed by atoms with E-state index >= 15 is 0 Å². The van der Waals surface area contributed by atoms with Crippen LogP contribution in [0.1, 0.15) is 13.3 Å². The van der Waals surface area contributed by atoms with Crippen LogP contribution in [0, 0.1) is 5.92 Å². The molecule has 2 nitrogen and oxygen atoms in total. The summed E-state index contributed by atoms with van der Waals surface area (Å²) in [7, 11) is 0. The lowest BCUT2D eigenvalue weighted by Gasteiger charge is -2.24. The van der Waals surface area contributed by atoms with Crippen LogP contribution in [-0.2, 0) is 4.74 Å². The topological polar surface area (TPSA) is 35.2 Å². The zero-order chi connectivity index (χ0) is 5.98. The Morgan fingerprint density at radius 1 is 1.56 bits per heavy atom. The fourth-order valence-electron chi connectivity index (χ4n) is 0.897. The molecule has 0 spiro atoms. The number of hydrogen-bond donors (Lipinski definition) is 1. The fraction of sp³-hybridized carbons (Fsp3) is 1.00. The molecule has 1 aliphatic rings. The van der Waals surface area contributed by atoms with Gasteiger partial charge in [0, 0.05) is 12.6 Å². The van der Waals surface area contributed by atoms with Crippen molar-refractivity contribution in [1.82, 2.24) is 0 Å². The van der Waals surface area contributed by atoms with Crippen LogP contribution in [0.15, 0.2) is 0 Å². The Balaban J connectivity index is 0.000000640. The third-order valence-corrected chi connectivity index (χ3v) is 1.71. The average molecular weight is 152 g/mol. The number of nitrogens with two attached hydrogens (primary N) is 1. The molecular formula is C6H14ClNO. The summed E-state index contributed by atoms with van der Waals surface area (Å²) in [6.07, 6.45) is 1.03.